The van der Waals surface area contributed by atoms with Crippen molar-refractivity contribution in [1.29, 1.82) is 5.26 Å². The van der Waals surface area contributed by atoms with Gasteiger partial charge in [-0.25, -0.2) is 15.0 Å². The molecule has 252 valence electrons. The fourth-order valence-corrected chi connectivity index (χ4v) is 6.75. The summed E-state index contributed by atoms with van der Waals surface area (Å²) in [5.74, 6) is 1.90. The molecule has 0 saturated heterocycles. The van der Waals surface area contributed by atoms with Crippen molar-refractivity contribution >= 4 is 10.8 Å². The molecule has 0 fully saturated rings. The lowest BCUT2D eigenvalue weighted by atomic mass is 9.93. The monoisotopic (exact) mass is 689 g/mol. The number of pyridine rings is 1. The Hall–Kier alpha value is -7.55. The molecule has 0 aliphatic rings. The van der Waals surface area contributed by atoms with Crippen molar-refractivity contribution in [2.24, 2.45) is 0 Å². The third-order valence-corrected chi connectivity index (χ3v) is 9.59. The standard InChI is InChI=1S/C49H31N5/c50-32-33-27-43(35-14-20-37(21-15-35)46-13-7-8-26-51-46)31-44(28-33)42-25-19-36-18-24-41(29-45(36)30-42)34-16-22-40(23-17-34)49-53-47(38-9-3-1-4-10-38)52-48(54-49)39-11-5-2-6-12-39/h1-31H. The van der Waals surface area contributed by atoms with Gasteiger partial charge >= 0.3 is 0 Å². The highest BCUT2D eigenvalue weighted by Gasteiger charge is 2.13. The number of hydrogen-bond acceptors (Lipinski definition) is 5. The molecule has 9 aromatic rings. The molecule has 0 unspecified atom stereocenters. The third-order valence-electron chi connectivity index (χ3n) is 9.59. The van der Waals surface area contributed by atoms with Gasteiger partial charge in [0, 0.05) is 28.5 Å². The number of nitrogens with zero attached hydrogens (tertiary/aromatic N) is 5. The van der Waals surface area contributed by atoms with Crippen LogP contribution in [0.2, 0.25) is 0 Å². The maximum atomic E-state index is 9.96. The first-order valence-corrected chi connectivity index (χ1v) is 17.8. The predicted octanol–water partition coefficient (Wildman–Crippen LogP) is 12.0. The fourth-order valence-electron chi connectivity index (χ4n) is 6.75. The van der Waals surface area contributed by atoms with Gasteiger partial charge in [-0.2, -0.15) is 5.26 Å². The van der Waals surface area contributed by atoms with E-state index in [1.54, 1.807) is 6.20 Å². The van der Waals surface area contributed by atoms with Crippen LogP contribution >= 0.6 is 0 Å². The number of benzene rings is 7. The van der Waals surface area contributed by atoms with Crippen LogP contribution in [-0.2, 0) is 0 Å². The summed E-state index contributed by atoms with van der Waals surface area (Å²) in [6.07, 6.45) is 1.80. The van der Waals surface area contributed by atoms with Crippen LogP contribution in [0.15, 0.2) is 188 Å². The van der Waals surface area contributed by atoms with Crippen molar-refractivity contribution in [1.82, 2.24) is 19.9 Å². The van der Waals surface area contributed by atoms with Crippen LogP contribution in [0, 0.1) is 11.3 Å². The number of aromatic nitrogens is 4. The van der Waals surface area contributed by atoms with Crippen LogP contribution in [0.3, 0.4) is 0 Å². The zero-order valence-electron chi connectivity index (χ0n) is 29.1. The second-order valence-electron chi connectivity index (χ2n) is 13.1. The summed E-state index contributed by atoms with van der Waals surface area (Å²) in [4.78, 5) is 19.1. The van der Waals surface area contributed by atoms with Gasteiger partial charge in [0.25, 0.3) is 0 Å². The highest BCUT2D eigenvalue weighted by molar-refractivity contribution is 5.92. The van der Waals surface area contributed by atoms with Crippen LogP contribution in [-0.4, -0.2) is 19.9 Å². The molecule has 7 aromatic carbocycles. The van der Waals surface area contributed by atoms with Crippen LogP contribution in [0.1, 0.15) is 5.56 Å². The second-order valence-corrected chi connectivity index (χ2v) is 13.1. The minimum atomic E-state index is 0.621. The normalized spacial score (nSPS) is 10.9. The molecule has 0 aliphatic heterocycles. The van der Waals surface area contributed by atoms with Gasteiger partial charge in [-0.05, 0) is 86.6 Å². The molecule has 5 heteroatoms. The van der Waals surface area contributed by atoms with Crippen molar-refractivity contribution in [3.63, 3.8) is 0 Å². The first kappa shape index (κ1) is 32.4. The van der Waals surface area contributed by atoms with Gasteiger partial charge in [-0.1, -0.05) is 140 Å². The highest BCUT2D eigenvalue weighted by atomic mass is 15.0. The summed E-state index contributed by atoms with van der Waals surface area (Å²) in [5, 5.41) is 12.2. The molecule has 0 amide bonds. The van der Waals surface area contributed by atoms with Crippen molar-refractivity contribution in [2.75, 3.05) is 0 Å². The lowest BCUT2D eigenvalue weighted by Crippen LogP contribution is -2.00. The summed E-state index contributed by atoms with van der Waals surface area (Å²) in [5.41, 5.74) is 11.7. The Morgan fingerprint density at radius 2 is 0.778 bits per heavy atom. The molecule has 0 atom stereocenters. The molecule has 0 aliphatic carbocycles. The molecular weight excluding hydrogens is 659 g/mol. The predicted molar refractivity (Wildman–Crippen MR) is 218 cm³/mol. The fraction of sp³-hybridized carbons (Fsp3) is 0. The van der Waals surface area contributed by atoms with E-state index in [-0.39, 0.29) is 0 Å². The number of rotatable bonds is 7. The van der Waals surface area contributed by atoms with E-state index in [4.69, 9.17) is 15.0 Å². The van der Waals surface area contributed by atoms with Crippen LogP contribution in [0.5, 0.6) is 0 Å². The van der Waals surface area contributed by atoms with Crippen LogP contribution < -0.4 is 0 Å². The average Bonchev–Trinajstić information content (AvgIpc) is 3.26. The minimum Gasteiger partial charge on any atom is -0.256 e. The molecule has 0 N–H and O–H groups in total. The summed E-state index contributed by atoms with van der Waals surface area (Å²) >= 11 is 0. The van der Waals surface area contributed by atoms with E-state index in [2.05, 4.69) is 102 Å². The zero-order chi connectivity index (χ0) is 36.3. The summed E-state index contributed by atoms with van der Waals surface area (Å²) in [6.45, 7) is 0. The van der Waals surface area contributed by atoms with Crippen LogP contribution in [0.25, 0.3) is 89.6 Å². The maximum Gasteiger partial charge on any atom is 0.164 e. The maximum absolute atomic E-state index is 9.96. The summed E-state index contributed by atoms with van der Waals surface area (Å²) < 4.78 is 0. The number of nitriles is 1. The van der Waals surface area contributed by atoms with Gasteiger partial charge in [0.1, 0.15) is 0 Å². The number of fused-ring (bicyclic) bond motifs is 1. The molecule has 5 nitrogen and oxygen atoms in total. The second kappa shape index (κ2) is 14.2. The van der Waals surface area contributed by atoms with Gasteiger partial charge in [-0.15, -0.1) is 0 Å². The Labute approximate surface area is 313 Å². The van der Waals surface area contributed by atoms with Gasteiger partial charge in [0.2, 0.25) is 0 Å². The molecule has 0 radical (unpaired) electrons. The van der Waals surface area contributed by atoms with Gasteiger partial charge < -0.3 is 0 Å². The van der Waals surface area contributed by atoms with E-state index in [0.717, 1.165) is 72.1 Å². The lowest BCUT2D eigenvalue weighted by Gasteiger charge is -2.11. The molecule has 54 heavy (non-hydrogen) atoms. The van der Waals surface area contributed by atoms with Gasteiger partial charge in [0.05, 0.1) is 17.3 Å². The van der Waals surface area contributed by atoms with E-state index in [1.807, 2.05) is 91.0 Å². The van der Waals surface area contributed by atoms with Gasteiger partial charge in [-0.3, -0.25) is 4.98 Å². The van der Waals surface area contributed by atoms with E-state index < -0.39 is 0 Å². The molecular formula is C49H31N5. The van der Waals surface area contributed by atoms with Crippen molar-refractivity contribution in [2.45, 2.75) is 0 Å². The van der Waals surface area contributed by atoms with E-state index in [9.17, 15) is 5.26 Å². The molecule has 0 spiro atoms. The van der Waals surface area contributed by atoms with Crippen molar-refractivity contribution < 1.29 is 0 Å². The minimum absolute atomic E-state index is 0.621. The molecule has 2 heterocycles. The van der Waals surface area contributed by atoms with Crippen molar-refractivity contribution in [3.8, 4) is 84.9 Å². The Bertz CT molecular complexity index is 2730. The topological polar surface area (TPSA) is 75.3 Å². The first-order valence-electron chi connectivity index (χ1n) is 17.8. The molecule has 9 rings (SSSR count). The molecule has 2 aromatic heterocycles. The zero-order valence-corrected chi connectivity index (χ0v) is 29.1. The largest absolute Gasteiger partial charge is 0.256 e. The Morgan fingerprint density at radius 3 is 1.31 bits per heavy atom. The van der Waals surface area contributed by atoms with E-state index >= 15 is 0 Å². The average molecular weight is 690 g/mol. The molecule has 0 bridgehead atoms. The van der Waals surface area contributed by atoms with Gasteiger partial charge in [0.15, 0.2) is 17.5 Å². The molecule has 0 saturated carbocycles. The number of hydrogen-bond donors (Lipinski definition) is 0. The summed E-state index contributed by atoms with van der Waals surface area (Å²) in [7, 11) is 0. The Balaban J connectivity index is 1.03. The van der Waals surface area contributed by atoms with E-state index in [1.165, 1.54) is 0 Å². The first-order chi connectivity index (χ1) is 26.7. The quantitative estimate of drug-likeness (QED) is 0.166. The highest BCUT2D eigenvalue weighted by Crippen LogP contribution is 2.34. The van der Waals surface area contributed by atoms with Crippen LogP contribution in [0.4, 0.5) is 0 Å². The lowest BCUT2D eigenvalue weighted by molar-refractivity contribution is 1.07. The Morgan fingerprint density at radius 1 is 0.333 bits per heavy atom. The SMILES string of the molecule is N#Cc1cc(-c2ccc(-c3ccccn3)cc2)cc(-c2ccc3ccc(-c4ccc(-c5nc(-c6ccccc6)nc(-c6ccccc6)n5)cc4)cc3c2)c1. The Kier molecular flexibility index (Phi) is 8.53. The summed E-state index contributed by atoms with van der Waals surface area (Å²) in [6, 6.07) is 64.1. The van der Waals surface area contributed by atoms with E-state index in [0.29, 0.717) is 23.0 Å². The smallest absolute Gasteiger partial charge is 0.164 e. The third kappa shape index (κ3) is 6.64. The van der Waals surface area contributed by atoms with Crippen molar-refractivity contribution in [3.05, 3.63) is 194 Å².